The van der Waals surface area contributed by atoms with E-state index in [-0.39, 0.29) is 18.9 Å². The van der Waals surface area contributed by atoms with E-state index >= 15 is 0 Å². The highest BCUT2D eigenvalue weighted by molar-refractivity contribution is 7.98. The highest BCUT2D eigenvalue weighted by Crippen LogP contribution is 2.35. The van der Waals surface area contributed by atoms with Gasteiger partial charge in [0.15, 0.2) is 16.7 Å². The van der Waals surface area contributed by atoms with Crippen LogP contribution in [0.15, 0.2) is 73.7 Å². The van der Waals surface area contributed by atoms with Crippen molar-refractivity contribution in [2.45, 2.75) is 24.4 Å². The van der Waals surface area contributed by atoms with Gasteiger partial charge in [-0.2, -0.15) is 4.98 Å². The van der Waals surface area contributed by atoms with Gasteiger partial charge in [-0.05, 0) is 31.2 Å². The summed E-state index contributed by atoms with van der Waals surface area (Å²) in [4.78, 5) is 22.7. The largest absolute Gasteiger partial charge is 0.467 e. The maximum atomic E-state index is 13.4. The molecule has 0 unspecified atom stereocenters. The Morgan fingerprint density at radius 2 is 1.94 bits per heavy atom. The average molecular weight is 474 g/mol. The Hall–Kier alpha value is -4.05. The molecule has 0 fully saturated rings. The zero-order valence-corrected chi connectivity index (χ0v) is 18.9. The molecule has 5 aromatic rings. The van der Waals surface area contributed by atoms with Crippen LogP contribution in [0, 0.1) is 6.92 Å². The van der Waals surface area contributed by atoms with E-state index in [1.54, 1.807) is 29.0 Å². The van der Waals surface area contributed by atoms with Crippen LogP contribution in [0.25, 0.3) is 22.3 Å². The molecule has 0 N–H and O–H groups in total. The molecule has 0 bridgehead atoms. The summed E-state index contributed by atoms with van der Waals surface area (Å²) >= 11 is 1.34. The van der Waals surface area contributed by atoms with Crippen LogP contribution in [0.5, 0.6) is 11.5 Å². The van der Waals surface area contributed by atoms with Crippen LogP contribution in [0.2, 0.25) is 0 Å². The van der Waals surface area contributed by atoms with Crippen LogP contribution in [0.1, 0.15) is 17.2 Å². The number of benzene rings is 2. The summed E-state index contributed by atoms with van der Waals surface area (Å²) in [5.41, 5.74) is 2.32. The van der Waals surface area contributed by atoms with Gasteiger partial charge in [-0.15, -0.1) is 0 Å². The van der Waals surface area contributed by atoms with Crippen LogP contribution in [-0.4, -0.2) is 26.5 Å². The van der Waals surface area contributed by atoms with Gasteiger partial charge in [-0.1, -0.05) is 40.7 Å². The van der Waals surface area contributed by atoms with E-state index in [1.807, 2.05) is 37.3 Å². The summed E-state index contributed by atoms with van der Waals surface area (Å²) in [7, 11) is 0. The van der Waals surface area contributed by atoms with E-state index in [2.05, 4.69) is 10.1 Å². The molecule has 0 atom stereocenters. The Labute approximate surface area is 197 Å². The van der Waals surface area contributed by atoms with Crippen molar-refractivity contribution in [1.29, 1.82) is 0 Å². The highest BCUT2D eigenvalue weighted by atomic mass is 32.2. The molecule has 4 heterocycles. The highest BCUT2D eigenvalue weighted by Gasteiger charge is 2.20. The van der Waals surface area contributed by atoms with Gasteiger partial charge >= 0.3 is 0 Å². The first-order valence-corrected chi connectivity index (χ1v) is 11.5. The molecule has 2 aromatic carbocycles. The SMILES string of the molecule is Cc1cccc(-c2noc(CSc3nc4cc5c(cc4c(=O)n3Cc3ccco3)OCO5)n2)c1. The van der Waals surface area contributed by atoms with Crippen molar-refractivity contribution < 1.29 is 18.4 Å². The Morgan fingerprint density at radius 3 is 2.76 bits per heavy atom. The second kappa shape index (κ2) is 8.38. The van der Waals surface area contributed by atoms with E-state index in [1.165, 1.54) is 11.8 Å². The number of rotatable bonds is 6. The number of aromatic nitrogens is 4. The fourth-order valence-electron chi connectivity index (χ4n) is 3.74. The van der Waals surface area contributed by atoms with Gasteiger partial charge in [0.1, 0.15) is 5.76 Å². The van der Waals surface area contributed by atoms with Crippen molar-refractivity contribution >= 4 is 22.7 Å². The van der Waals surface area contributed by atoms with Crippen molar-refractivity contribution in [2.24, 2.45) is 0 Å². The van der Waals surface area contributed by atoms with Crippen LogP contribution < -0.4 is 15.0 Å². The smallest absolute Gasteiger partial charge is 0.262 e. The molecule has 0 saturated heterocycles. The van der Waals surface area contributed by atoms with E-state index in [4.69, 9.17) is 23.4 Å². The normalized spacial score (nSPS) is 12.5. The third-order valence-corrected chi connectivity index (χ3v) is 6.34. The van der Waals surface area contributed by atoms with Gasteiger partial charge < -0.3 is 18.4 Å². The first-order valence-electron chi connectivity index (χ1n) is 10.5. The quantitative estimate of drug-likeness (QED) is 0.261. The molecule has 0 saturated carbocycles. The first kappa shape index (κ1) is 20.5. The van der Waals surface area contributed by atoms with E-state index in [9.17, 15) is 4.79 Å². The summed E-state index contributed by atoms with van der Waals surface area (Å²) in [6.07, 6.45) is 1.57. The maximum Gasteiger partial charge on any atom is 0.262 e. The number of ether oxygens (including phenoxy) is 2. The summed E-state index contributed by atoms with van der Waals surface area (Å²) < 4.78 is 23.4. The van der Waals surface area contributed by atoms with Crippen LogP contribution in [0.3, 0.4) is 0 Å². The minimum atomic E-state index is -0.201. The number of aryl methyl sites for hydroxylation is 1. The molecule has 3 aromatic heterocycles. The van der Waals surface area contributed by atoms with E-state index in [0.717, 1.165) is 11.1 Å². The molecule has 0 aliphatic carbocycles. The number of fused-ring (bicyclic) bond motifs is 2. The summed E-state index contributed by atoms with van der Waals surface area (Å²) in [6.45, 7) is 2.37. The lowest BCUT2D eigenvalue weighted by Crippen LogP contribution is -2.23. The predicted octanol–water partition coefficient (Wildman–Crippen LogP) is 4.42. The molecular weight excluding hydrogens is 456 g/mol. The van der Waals surface area contributed by atoms with Gasteiger partial charge in [0.2, 0.25) is 18.5 Å². The molecule has 9 nitrogen and oxygen atoms in total. The molecule has 34 heavy (non-hydrogen) atoms. The van der Waals surface area contributed by atoms with Crippen LogP contribution in [-0.2, 0) is 12.3 Å². The molecule has 6 rings (SSSR count). The molecule has 0 radical (unpaired) electrons. The van der Waals surface area contributed by atoms with Crippen LogP contribution >= 0.6 is 11.8 Å². The van der Waals surface area contributed by atoms with Gasteiger partial charge in [0.25, 0.3) is 5.56 Å². The van der Waals surface area contributed by atoms with Crippen molar-refractivity contribution in [2.75, 3.05) is 6.79 Å². The lowest BCUT2D eigenvalue weighted by molar-refractivity contribution is 0.174. The Bertz CT molecular complexity index is 1560. The summed E-state index contributed by atoms with van der Waals surface area (Å²) in [6, 6.07) is 14.9. The van der Waals surface area contributed by atoms with Crippen molar-refractivity contribution in [3.05, 3.63) is 82.4 Å². The number of thioether (sulfide) groups is 1. The lowest BCUT2D eigenvalue weighted by atomic mass is 10.1. The molecule has 1 aliphatic heterocycles. The topological polar surface area (TPSA) is 105 Å². The Balaban J connectivity index is 1.35. The molecular formula is C24H18N4O5S. The van der Waals surface area contributed by atoms with E-state index in [0.29, 0.717) is 50.8 Å². The standard InChI is InChI=1S/C24H18N4O5S/c1-14-4-2-5-15(8-14)22-26-21(33-27-22)12-34-24-25-18-10-20-19(31-13-32-20)9-17(18)23(29)28(24)11-16-6-3-7-30-16/h2-10H,11-13H2,1H3. The number of hydrogen-bond donors (Lipinski definition) is 0. The maximum absolute atomic E-state index is 13.4. The van der Waals surface area contributed by atoms with Crippen molar-refractivity contribution in [3.63, 3.8) is 0 Å². The fourth-order valence-corrected chi connectivity index (χ4v) is 4.58. The molecule has 10 heteroatoms. The molecule has 1 aliphatic rings. The van der Waals surface area contributed by atoms with Gasteiger partial charge in [0.05, 0.1) is 29.5 Å². The average Bonchev–Trinajstić information content (AvgIpc) is 3.61. The fraction of sp³-hybridized carbons (Fsp3) is 0.167. The van der Waals surface area contributed by atoms with Gasteiger partial charge in [-0.25, -0.2) is 4.98 Å². The van der Waals surface area contributed by atoms with E-state index < -0.39 is 0 Å². The lowest BCUT2D eigenvalue weighted by Gasteiger charge is -2.12. The third kappa shape index (κ3) is 3.81. The number of nitrogens with zero attached hydrogens (tertiary/aromatic N) is 4. The zero-order chi connectivity index (χ0) is 23.1. The second-order valence-electron chi connectivity index (χ2n) is 7.76. The van der Waals surface area contributed by atoms with Crippen molar-refractivity contribution in [1.82, 2.24) is 19.7 Å². The number of hydrogen-bond acceptors (Lipinski definition) is 9. The van der Waals surface area contributed by atoms with Crippen LogP contribution in [0.4, 0.5) is 0 Å². The minimum Gasteiger partial charge on any atom is -0.467 e. The summed E-state index contributed by atoms with van der Waals surface area (Å²) in [5.74, 6) is 3.05. The van der Waals surface area contributed by atoms with Gasteiger partial charge in [-0.3, -0.25) is 9.36 Å². The predicted molar refractivity (Wildman–Crippen MR) is 124 cm³/mol. The van der Waals surface area contributed by atoms with Gasteiger partial charge in [0, 0.05) is 11.6 Å². The zero-order valence-electron chi connectivity index (χ0n) is 18.1. The number of furan rings is 1. The monoisotopic (exact) mass is 474 g/mol. The summed E-state index contributed by atoms with van der Waals surface area (Å²) in [5, 5.41) is 5.04. The molecule has 0 spiro atoms. The first-order chi connectivity index (χ1) is 16.6. The second-order valence-corrected chi connectivity index (χ2v) is 8.70. The van der Waals surface area contributed by atoms with Crippen molar-refractivity contribution in [3.8, 4) is 22.9 Å². The minimum absolute atomic E-state index is 0.119. The Kier molecular flexibility index (Phi) is 5.06. The third-order valence-electron chi connectivity index (χ3n) is 5.38. The Morgan fingerprint density at radius 1 is 1.06 bits per heavy atom. The molecule has 0 amide bonds. The molecule has 170 valence electrons.